The molecule has 0 bridgehead atoms. The SMILES string of the molecule is COc1ccc(OC)c(C(N)c2ccc(Cl)s2)c1. The molecule has 1 unspecified atom stereocenters. The standard InChI is InChI=1S/C13H14ClNO2S/c1-16-8-3-4-10(17-2)9(7-8)13(15)11-5-6-12(14)18-11/h3-7,13H,15H2,1-2H3. The van der Waals surface area contributed by atoms with Crippen LogP contribution in [0.4, 0.5) is 0 Å². The molecule has 0 amide bonds. The Hall–Kier alpha value is -1.23. The van der Waals surface area contributed by atoms with E-state index in [0.29, 0.717) is 0 Å². The van der Waals surface area contributed by atoms with Crippen molar-refractivity contribution >= 4 is 22.9 Å². The van der Waals surface area contributed by atoms with E-state index in [9.17, 15) is 0 Å². The third-order valence-corrected chi connectivity index (χ3v) is 3.99. The lowest BCUT2D eigenvalue weighted by Crippen LogP contribution is -2.11. The normalized spacial score (nSPS) is 12.2. The number of rotatable bonds is 4. The Morgan fingerprint density at radius 2 is 1.94 bits per heavy atom. The Bertz CT molecular complexity index is 542. The highest BCUT2D eigenvalue weighted by Crippen LogP contribution is 2.35. The minimum atomic E-state index is -0.271. The summed E-state index contributed by atoms with van der Waals surface area (Å²) in [7, 11) is 3.25. The smallest absolute Gasteiger partial charge is 0.124 e. The van der Waals surface area contributed by atoms with Gasteiger partial charge in [0, 0.05) is 10.4 Å². The molecular weight excluding hydrogens is 270 g/mol. The molecular formula is C13H14ClNO2S. The van der Waals surface area contributed by atoms with E-state index in [0.717, 1.165) is 26.3 Å². The Morgan fingerprint density at radius 1 is 1.17 bits per heavy atom. The first-order chi connectivity index (χ1) is 8.65. The lowest BCUT2D eigenvalue weighted by molar-refractivity contribution is 0.397. The van der Waals surface area contributed by atoms with Crippen molar-refractivity contribution in [3.05, 3.63) is 45.1 Å². The predicted octanol–water partition coefficient (Wildman–Crippen LogP) is 3.47. The van der Waals surface area contributed by atoms with Crippen molar-refractivity contribution in [2.75, 3.05) is 14.2 Å². The van der Waals surface area contributed by atoms with E-state index in [1.54, 1.807) is 14.2 Å². The second-order valence-corrected chi connectivity index (χ2v) is 5.47. The van der Waals surface area contributed by atoms with Crippen molar-refractivity contribution in [3.8, 4) is 11.5 Å². The maximum absolute atomic E-state index is 6.25. The maximum Gasteiger partial charge on any atom is 0.124 e. The molecule has 0 aliphatic rings. The van der Waals surface area contributed by atoms with E-state index in [2.05, 4.69) is 0 Å². The molecule has 3 nitrogen and oxygen atoms in total. The number of benzene rings is 1. The Morgan fingerprint density at radius 3 is 2.50 bits per heavy atom. The lowest BCUT2D eigenvalue weighted by Gasteiger charge is -2.15. The minimum Gasteiger partial charge on any atom is -0.497 e. The second kappa shape index (κ2) is 5.61. The van der Waals surface area contributed by atoms with Crippen molar-refractivity contribution in [2.45, 2.75) is 6.04 Å². The number of nitrogens with two attached hydrogens (primary N) is 1. The largest absolute Gasteiger partial charge is 0.497 e. The summed E-state index contributed by atoms with van der Waals surface area (Å²) in [5.74, 6) is 1.50. The van der Waals surface area contributed by atoms with E-state index < -0.39 is 0 Å². The molecule has 2 N–H and O–H groups in total. The molecule has 1 atom stereocenters. The van der Waals surface area contributed by atoms with Crippen molar-refractivity contribution in [1.29, 1.82) is 0 Å². The van der Waals surface area contributed by atoms with Gasteiger partial charge in [-0.2, -0.15) is 0 Å². The van der Waals surface area contributed by atoms with Crippen LogP contribution in [0.3, 0.4) is 0 Å². The number of halogens is 1. The highest BCUT2D eigenvalue weighted by Gasteiger charge is 2.16. The van der Waals surface area contributed by atoms with Crippen LogP contribution in [0, 0.1) is 0 Å². The monoisotopic (exact) mass is 283 g/mol. The molecule has 1 aromatic carbocycles. The number of ether oxygens (including phenoxy) is 2. The van der Waals surface area contributed by atoms with Gasteiger partial charge in [-0.15, -0.1) is 11.3 Å². The van der Waals surface area contributed by atoms with E-state index in [1.165, 1.54) is 11.3 Å². The van der Waals surface area contributed by atoms with Crippen LogP contribution >= 0.6 is 22.9 Å². The van der Waals surface area contributed by atoms with Crippen LogP contribution < -0.4 is 15.2 Å². The molecule has 2 rings (SSSR count). The van der Waals surface area contributed by atoms with E-state index >= 15 is 0 Å². The highest BCUT2D eigenvalue weighted by atomic mass is 35.5. The first kappa shape index (κ1) is 13.2. The van der Waals surface area contributed by atoms with Gasteiger partial charge in [-0.3, -0.25) is 0 Å². The molecule has 2 aromatic rings. The van der Waals surface area contributed by atoms with Gasteiger partial charge >= 0.3 is 0 Å². The van der Waals surface area contributed by atoms with Crippen molar-refractivity contribution < 1.29 is 9.47 Å². The first-order valence-corrected chi connectivity index (χ1v) is 6.58. The van der Waals surface area contributed by atoms with Crippen LogP contribution in [0.15, 0.2) is 30.3 Å². The number of thiophene rings is 1. The van der Waals surface area contributed by atoms with Crippen molar-refractivity contribution in [1.82, 2.24) is 0 Å². The zero-order valence-electron chi connectivity index (χ0n) is 10.1. The molecule has 0 radical (unpaired) electrons. The quantitative estimate of drug-likeness (QED) is 0.934. The molecule has 1 aromatic heterocycles. The van der Waals surface area contributed by atoms with Gasteiger partial charge in [0.25, 0.3) is 0 Å². The van der Waals surface area contributed by atoms with Gasteiger partial charge in [0.1, 0.15) is 11.5 Å². The van der Waals surface area contributed by atoms with Crippen LogP contribution in [0.2, 0.25) is 4.34 Å². The van der Waals surface area contributed by atoms with Gasteiger partial charge in [-0.1, -0.05) is 11.6 Å². The molecule has 0 spiro atoms. The zero-order chi connectivity index (χ0) is 13.1. The third kappa shape index (κ3) is 2.61. The van der Waals surface area contributed by atoms with Crippen LogP contribution in [0.5, 0.6) is 11.5 Å². The van der Waals surface area contributed by atoms with Gasteiger partial charge < -0.3 is 15.2 Å². The first-order valence-electron chi connectivity index (χ1n) is 5.38. The summed E-state index contributed by atoms with van der Waals surface area (Å²) >= 11 is 7.40. The predicted molar refractivity (Wildman–Crippen MR) is 74.9 cm³/mol. The number of methoxy groups -OCH3 is 2. The fourth-order valence-corrected chi connectivity index (χ4v) is 2.81. The summed E-state index contributed by atoms with van der Waals surface area (Å²) in [6.45, 7) is 0. The molecule has 0 saturated carbocycles. The van der Waals surface area contributed by atoms with E-state index in [1.807, 2.05) is 30.3 Å². The average Bonchev–Trinajstić information content (AvgIpc) is 2.83. The Kier molecular flexibility index (Phi) is 4.11. The average molecular weight is 284 g/mol. The topological polar surface area (TPSA) is 44.5 Å². The van der Waals surface area contributed by atoms with Gasteiger partial charge in [0.15, 0.2) is 0 Å². The zero-order valence-corrected chi connectivity index (χ0v) is 11.7. The van der Waals surface area contributed by atoms with Gasteiger partial charge in [-0.05, 0) is 30.3 Å². The fraction of sp³-hybridized carbons (Fsp3) is 0.231. The number of hydrogen-bond acceptors (Lipinski definition) is 4. The molecule has 1 heterocycles. The van der Waals surface area contributed by atoms with E-state index in [-0.39, 0.29) is 6.04 Å². The molecule has 0 aliphatic heterocycles. The fourth-order valence-electron chi connectivity index (χ4n) is 1.73. The van der Waals surface area contributed by atoms with Crippen LogP contribution in [-0.2, 0) is 0 Å². The van der Waals surface area contributed by atoms with Crippen LogP contribution in [-0.4, -0.2) is 14.2 Å². The van der Waals surface area contributed by atoms with Crippen LogP contribution in [0.25, 0.3) is 0 Å². The van der Waals surface area contributed by atoms with Gasteiger partial charge in [0.2, 0.25) is 0 Å². The summed E-state index contributed by atoms with van der Waals surface area (Å²) in [6, 6.07) is 9.08. The summed E-state index contributed by atoms with van der Waals surface area (Å²) in [4.78, 5) is 0.992. The number of hydrogen-bond donors (Lipinski definition) is 1. The summed E-state index contributed by atoms with van der Waals surface area (Å²) in [6.07, 6.45) is 0. The third-order valence-electron chi connectivity index (χ3n) is 2.67. The molecule has 0 aliphatic carbocycles. The van der Waals surface area contributed by atoms with Gasteiger partial charge in [-0.25, -0.2) is 0 Å². The summed E-state index contributed by atoms with van der Waals surface area (Å²) in [5, 5.41) is 0. The van der Waals surface area contributed by atoms with Crippen molar-refractivity contribution in [2.24, 2.45) is 5.73 Å². The Balaban J connectivity index is 2.41. The Labute approximate surface area is 115 Å². The van der Waals surface area contributed by atoms with E-state index in [4.69, 9.17) is 26.8 Å². The molecule has 0 fully saturated rings. The highest BCUT2D eigenvalue weighted by molar-refractivity contribution is 7.16. The molecule has 0 saturated heterocycles. The second-order valence-electron chi connectivity index (χ2n) is 3.73. The molecule has 5 heteroatoms. The van der Waals surface area contributed by atoms with Crippen molar-refractivity contribution in [3.63, 3.8) is 0 Å². The summed E-state index contributed by atoms with van der Waals surface area (Å²) in [5.41, 5.74) is 7.13. The van der Waals surface area contributed by atoms with Crippen LogP contribution in [0.1, 0.15) is 16.5 Å². The minimum absolute atomic E-state index is 0.271. The summed E-state index contributed by atoms with van der Waals surface area (Å²) < 4.78 is 11.3. The lowest BCUT2D eigenvalue weighted by atomic mass is 10.0. The molecule has 96 valence electrons. The van der Waals surface area contributed by atoms with Gasteiger partial charge in [0.05, 0.1) is 24.6 Å². The molecule has 18 heavy (non-hydrogen) atoms. The maximum atomic E-state index is 6.25.